The van der Waals surface area contributed by atoms with Crippen molar-refractivity contribution in [3.63, 3.8) is 0 Å². The lowest BCUT2D eigenvalue weighted by molar-refractivity contribution is 0.0682. The highest BCUT2D eigenvalue weighted by Crippen LogP contribution is 2.28. The average molecular weight is 335 g/mol. The van der Waals surface area contributed by atoms with Crippen molar-refractivity contribution >= 4 is 33.4 Å². The maximum absolute atomic E-state index is 13.5. The van der Waals surface area contributed by atoms with Crippen LogP contribution in [0.4, 0.5) is 4.39 Å². The molecule has 1 aliphatic heterocycles. The molecular formula is C13H14BrClFNO. The topological polar surface area (TPSA) is 20.3 Å². The summed E-state index contributed by atoms with van der Waals surface area (Å²) in [6, 6.07) is 2.78. The Hall–Kier alpha value is -0.610. The van der Waals surface area contributed by atoms with E-state index >= 15 is 0 Å². The number of rotatable bonds is 1. The molecule has 5 heteroatoms. The number of halogens is 3. The summed E-state index contributed by atoms with van der Waals surface area (Å²) in [6.07, 6.45) is 2.15. The Morgan fingerprint density at radius 3 is 2.89 bits per heavy atom. The normalized spacial score (nSPS) is 20.0. The molecule has 1 heterocycles. The fourth-order valence-electron chi connectivity index (χ4n) is 2.24. The molecule has 1 saturated heterocycles. The first-order chi connectivity index (χ1) is 8.49. The van der Waals surface area contributed by atoms with Crippen LogP contribution < -0.4 is 0 Å². The first-order valence-corrected chi connectivity index (χ1v) is 7.10. The lowest BCUT2D eigenvalue weighted by Crippen LogP contribution is -2.39. The highest BCUT2D eigenvalue weighted by molar-refractivity contribution is 9.10. The average Bonchev–Trinajstić information content (AvgIpc) is 2.34. The van der Waals surface area contributed by atoms with Crippen molar-refractivity contribution in [3.8, 4) is 0 Å². The van der Waals surface area contributed by atoms with Crippen molar-refractivity contribution in [2.45, 2.75) is 19.8 Å². The molecule has 0 saturated carbocycles. The number of likely N-dealkylation sites (tertiary alicyclic amines) is 1. The number of carbonyl (C=O) groups excluding carboxylic acids is 1. The van der Waals surface area contributed by atoms with Crippen LogP contribution >= 0.6 is 27.5 Å². The lowest BCUT2D eigenvalue weighted by Gasteiger charge is -2.31. The fraction of sp³-hybridized carbons (Fsp3) is 0.462. The van der Waals surface area contributed by atoms with Crippen LogP contribution in [0.25, 0.3) is 0 Å². The number of amides is 1. The molecule has 2 rings (SSSR count). The quantitative estimate of drug-likeness (QED) is 0.708. The second-order valence-corrected chi connectivity index (χ2v) is 5.98. The second kappa shape index (κ2) is 5.57. The molecule has 1 aromatic carbocycles. The maximum Gasteiger partial charge on any atom is 0.254 e. The molecule has 18 heavy (non-hydrogen) atoms. The van der Waals surface area contributed by atoms with Gasteiger partial charge in [-0.2, -0.15) is 0 Å². The number of hydrogen-bond acceptors (Lipinski definition) is 1. The molecule has 2 nitrogen and oxygen atoms in total. The first-order valence-electron chi connectivity index (χ1n) is 5.93. The van der Waals surface area contributed by atoms with Gasteiger partial charge in [-0.25, -0.2) is 4.39 Å². The zero-order valence-electron chi connectivity index (χ0n) is 10.0. The van der Waals surface area contributed by atoms with Crippen molar-refractivity contribution in [2.75, 3.05) is 13.1 Å². The molecule has 1 aromatic rings. The molecule has 98 valence electrons. The van der Waals surface area contributed by atoms with Crippen molar-refractivity contribution in [2.24, 2.45) is 5.92 Å². The summed E-state index contributed by atoms with van der Waals surface area (Å²) in [7, 11) is 0. The van der Waals surface area contributed by atoms with E-state index in [0.29, 0.717) is 16.0 Å². The number of piperidine rings is 1. The number of carbonyl (C=O) groups is 1. The van der Waals surface area contributed by atoms with Crippen LogP contribution in [0.15, 0.2) is 16.6 Å². The predicted octanol–water partition coefficient (Wildman–Crippen LogP) is 4.11. The van der Waals surface area contributed by atoms with Crippen LogP contribution in [0.1, 0.15) is 30.1 Å². The van der Waals surface area contributed by atoms with Gasteiger partial charge in [0.15, 0.2) is 0 Å². The van der Waals surface area contributed by atoms with Crippen LogP contribution in [0.3, 0.4) is 0 Å². The predicted molar refractivity (Wildman–Crippen MR) is 73.4 cm³/mol. The smallest absolute Gasteiger partial charge is 0.254 e. The minimum Gasteiger partial charge on any atom is -0.338 e. The van der Waals surface area contributed by atoms with Crippen molar-refractivity contribution < 1.29 is 9.18 Å². The van der Waals surface area contributed by atoms with Gasteiger partial charge >= 0.3 is 0 Å². The molecule has 0 aliphatic carbocycles. The van der Waals surface area contributed by atoms with Crippen LogP contribution in [-0.2, 0) is 0 Å². The lowest BCUT2D eigenvalue weighted by atomic mass is 9.99. The van der Waals surface area contributed by atoms with Crippen molar-refractivity contribution in [1.29, 1.82) is 0 Å². The van der Waals surface area contributed by atoms with Gasteiger partial charge in [0.2, 0.25) is 0 Å². The van der Waals surface area contributed by atoms with E-state index in [9.17, 15) is 9.18 Å². The minimum atomic E-state index is -0.570. The van der Waals surface area contributed by atoms with E-state index < -0.39 is 5.82 Å². The fourth-order valence-corrected chi connectivity index (χ4v) is 2.78. The summed E-state index contributed by atoms with van der Waals surface area (Å²) >= 11 is 8.87. The summed E-state index contributed by atoms with van der Waals surface area (Å²) in [4.78, 5) is 14.0. The van der Waals surface area contributed by atoms with E-state index in [1.807, 2.05) is 0 Å². The molecule has 1 fully saturated rings. The highest BCUT2D eigenvalue weighted by Gasteiger charge is 2.23. The van der Waals surface area contributed by atoms with E-state index in [4.69, 9.17) is 11.6 Å². The molecule has 1 atom stereocenters. The van der Waals surface area contributed by atoms with Gasteiger partial charge in [-0.15, -0.1) is 0 Å². The Labute approximate surface area is 119 Å². The van der Waals surface area contributed by atoms with Gasteiger partial charge in [0.25, 0.3) is 5.91 Å². The van der Waals surface area contributed by atoms with Crippen LogP contribution in [0, 0.1) is 11.7 Å². The standard InChI is InChI=1S/C13H14BrClFNO/c1-8-3-2-4-17(7-8)13(18)9-5-10(14)12(15)11(16)6-9/h5-6,8H,2-4,7H2,1H3. The van der Waals surface area contributed by atoms with E-state index in [1.165, 1.54) is 6.07 Å². The largest absolute Gasteiger partial charge is 0.338 e. The Kier molecular flexibility index (Phi) is 4.28. The first kappa shape index (κ1) is 13.8. The molecule has 0 spiro atoms. The maximum atomic E-state index is 13.5. The molecule has 0 radical (unpaired) electrons. The molecule has 0 N–H and O–H groups in total. The monoisotopic (exact) mass is 333 g/mol. The summed E-state index contributed by atoms with van der Waals surface area (Å²) in [6.45, 7) is 3.60. The summed E-state index contributed by atoms with van der Waals surface area (Å²) < 4.78 is 13.9. The molecule has 1 unspecified atom stereocenters. The summed E-state index contributed by atoms with van der Waals surface area (Å²) in [5, 5.41) is 0.0126. The molecule has 0 aromatic heterocycles. The van der Waals surface area contributed by atoms with Gasteiger partial charge in [0.1, 0.15) is 5.82 Å². The molecule has 0 bridgehead atoms. The molecule has 1 amide bonds. The van der Waals surface area contributed by atoms with Gasteiger partial charge in [-0.05, 0) is 46.8 Å². The Balaban J connectivity index is 2.23. The van der Waals surface area contributed by atoms with Gasteiger partial charge in [-0.1, -0.05) is 18.5 Å². The second-order valence-electron chi connectivity index (χ2n) is 4.75. The van der Waals surface area contributed by atoms with Gasteiger partial charge < -0.3 is 4.90 Å². The van der Waals surface area contributed by atoms with E-state index in [0.717, 1.165) is 25.9 Å². The third-order valence-electron chi connectivity index (χ3n) is 3.17. The van der Waals surface area contributed by atoms with Crippen molar-refractivity contribution in [3.05, 3.63) is 33.0 Å². The van der Waals surface area contributed by atoms with Crippen molar-refractivity contribution in [1.82, 2.24) is 4.90 Å². The third kappa shape index (κ3) is 2.86. The van der Waals surface area contributed by atoms with Crippen LogP contribution in [-0.4, -0.2) is 23.9 Å². The third-order valence-corrected chi connectivity index (χ3v) is 4.41. The Morgan fingerprint density at radius 1 is 1.56 bits per heavy atom. The highest BCUT2D eigenvalue weighted by atomic mass is 79.9. The molecular weight excluding hydrogens is 321 g/mol. The van der Waals surface area contributed by atoms with Gasteiger partial charge in [0, 0.05) is 23.1 Å². The van der Waals surface area contributed by atoms with Crippen LogP contribution in [0.5, 0.6) is 0 Å². The zero-order chi connectivity index (χ0) is 13.3. The van der Waals surface area contributed by atoms with E-state index in [2.05, 4.69) is 22.9 Å². The Bertz CT molecular complexity index is 457. The summed E-state index contributed by atoms with van der Waals surface area (Å²) in [5.74, 6) is -0.194. The molecule has 1 aliphatic rings. The van der Waals surface area contributed by atoms with Gasteiger partial charge in [0.05, 0.1) is 5.02 Å². The van der Waals surface area contributed by atoms with Crippen LogP contribution in [0.2, 0.25) is 5.02 Å². The number of hydrogen-bond donors (Lipinski definition) is 0. The van der Waals surface area contributed by atoms with E-state index in [-0.39, 0.29) is 10.9 Å². The van der Waals surface area contributed by atoms with Gasteiger partial charge in [-0.3, -0.25) is 4.79 Å². The van der Waals surface area contributed by atoms with E-state index in [1.54, 1.807) is 11.0 Å². The minimum absolute atomic E-state index is 0.0126. The SMILES string of the molecule is CC1CCCN(C(=O)c2cc(F)c(Cl)c(Br)c2)C1. The number of nitrogens with zero attached hydrogens (tertiary/aromatic N) is 1. The Morgan fingerprint density at radius 2 is 2.28 bits per heavy atom. The summed E-state index contributed by atoms with van der Waals surface area (Å²) in [5.41, 5.74) is 0.345. The zero-order valence-corrected chi connectivity index (χ0v) is 12.4. The number of benzene rings is 1.